The molecule has 0 bridgehead atoms. The lowest BCUT2D eigenvalue weighted by molar-refractivity contribution is -0.121. The molecule has 1 fully saturated rings. The summed E-state index contributed by atoms with van der Waals surface area (Å²) >= 11 is 7.51. The Morgan fingerprint density at radius 2 is 1.88 bits per heavy atom. The average molecular weight is 465 g/mol. The van der Waals surface area contributed by atoms with Crippen LogP contribution in [0.2, 0.25) is 5.02 Å². The van der Waals surface area contributed by atoms with Gasteiger partial charge in [-0.25, -0.2) is 4.98 Å². The largest absolute Gasteiger partial charge is 0.338 e. The summed E-state index contributed by atoms with van der Waals surface area (Å²) in [6.07, 6.45) is 5.54. The van der Waals surface area contributed by atoms with Crippen LogP contribution in [0.4, 0.5) is 5.69 Å². The topological polar surface area (TPSA) is 66.7 Å². The zero-order valence-corrected chi connectivity index (χ0v) is 18.8. The molecule has 0 aliphatic carbocycles. The van der Waals surface area contributed by atoms with Gasteiger partial charge in [0.15, 0.2) is 4.96 Å². The Balaban J connectivity index is 1.22. The fourth-order valence-corrected chi connectivity index (χ4v) is 4.81. The molecule has 6 nitrogen and oxygen atoms in total. The van der Waals surface area contributed by atoms with Gasteiger partial charge in [-0.2, -0.15) is 0 Å². The van der Waals surface area contributed by atoms with Crippen molar-refractivity contribution in [3.05, 3.63) is 76.9 Å². The molecule has 2 amide bonds. The van der Waals surface area contributed by atoms with Crippen LogP contribution in [-0.4, -0.2) is 39.2 Å². The summed E-state index contributed by atoms with van der Waals surface area (Å²) in [7, 11) is 0. The lowest BCUT2D eigenvalue weighted by atomic mass is 9.96. The van der Waals surface area contributed by atoms with Gasteiger partial charge < -0.3 is 10.2 Å². The van der Waals surface area contributed by atoms with E-state index in [2.05, 4.69) is 10.3 Å². The molecular weight excluding hydrogens is 444 g/mol. The molecule has 1 atom stereocenters. The second-order valence-electron chi connectivity index (χ2n) is 7.88. The average Bonchev–Trinajstić information content (AvgIpc) is 3.42. The van der Waals surface area contributed by atoms with Crippen molar-refractivity contribution >= 4 is 45.4 Å². The number of halogens is 1. The Bertz CT molecular complexity index is 1230. The van der Waals surface area contributed by atoms with Crippen molar-refractivity contribution in [3.63, 3.8) is 0 Å². The van der Waals surface area contributed by atoms with Gasteiger partial charge in [-0.3, -0.25) is 14.0 Å². The minimum absolute atomic E-state index is 0.0612. The quantitative estimate of drug-likeness (QED) is 0.451. The van der Waals surface area contributed by atoms with Crippen LogP contribution in [-0.2, 0) is 4.79 Å². The maximum absolute atomic E-state index is 12.9. The summed E-state index contributed by atoms with van der Waals surface area (Å²) in [6, 6.07) is 14.6. The zero-order chi connectivity index (χ0) is 22.1. The van der Waals surface area contributed by atoms with Gasteiger partial charge in [-0.15, -0.1) is 11.3 Å². The number of thiazole rings is 1. The fraction of sp³-hybridized carbons (Fsp3) is 0.208. The van der Waals surface area contributed by atoms with Crippen LogP contribution in [0.3, 0.4) is 0 Å². The summed E-state index contributed by atoms with van der Waals surface area (Å²) in [6.45, 7) is 1.07. The Kier molecular flexibility index (Phi) is 5.68. The minimum Gasteiger partial charge on any atom is -0.338 e. The van der Waals surface area contributed by atoms with Gasteiger partial charge in [0, 0.05) is 52.7 Å². The molecule has 1 saturated heterocycles. The predicted octanol–water partition coefficient (Wildman–Crippen LogP) is 5.21. The van der Waals surface area contributed by atoms with Gasteiger partial charge in [0.05, 0.1) is 11.6 Å². The number of benzene rings is 2. The highest BCUT2D eigenvalue weighted by Gasteiger charge is 2.29. The second kappa shape index (κ2) is 8.76. The van der Waals surface area contributed by atoms with E-state index in [0.29, 0.717) is 23.7 Å². The Morgan fingerprint density at radius 1 is 1.09 bits per heavy atom. The van der Waals surface area contributed by atoms with Crippen molar-refractivity contribution in [3.8, 4) is 11.3 Å². The van der Waals surface area contributed by atoms with Gasteiger partial charge in [-0.05, 0) is 49.2 Å². The van der Waals surface area contributed by atoms with E-state index in [-0.39, 0.29) is 17.7 Å². The van der Waals surface area contributed by atoms with Crippen molar-refractivity contribution in [2.45, 2.75) is 12.8 Å². The number of hydrogen-bond donors (Lipinski definition) is 1. The molecule has 162 valence electrons. The molecule has 1 aliphatic rings. The molecule has 1 unspecified atom stereocenters. The fourth-order valence-electron chi connectivity index (χ4n) is 3.99. The highest BCUT2D eigenvalue weighted by molar-refractivity contribution is 7.15. The van der Waals surface area contributed by atoms with E-state index in [0.717, 1.165) is 34.7 Å². The lowest BCUT2D eigenvalue weighted by Gasteiger charge is -2.32. The molecule has 3 heterocycles. The van der Waals surface area contributed by atoms with Crippen molar-refractivity contribution in [1.29, 1.82) is 0 Å². The molecule has 1 N–H and O–H groups in total. The Labute approximate surface area is 194 Å². The number of likely N-dealkylation sites (tertiary alicyclic amines) is 1. The first-order valence-corrected chi connectivity index (χ1v) is 11.7. The first-order valence-electron chi connectivity index (χ1n) is 10.5. The van der Waals surface area contributed by atoms with E-state index in [4.69, 9.17) is 11.6 Å². The van der Waals surface area contributed by atoms with Gasteiger partial charge in [0.25, 0.3) is 5.91 Å². The number of carbonyl (C=O) groups is 2. The van der Waals surface area contributed by atoms with E-state index in [1.165, 1.54) is 0 Å². The lowest BCUT2D eigenvalue weighted by Crippen LogP contribution is -2.43. The number of nitrogens with one attached hydrogen (secondary N) is 1. The number of fused-ring (bicyclic) bond motifs is 1. The van der Waals surface area contributed by atoms with Crippen molar-refractivity contribution in [2.24, 2.45) is 5.92 Å². The number of piperidine rings is 1. The number of anilines is 1. The highest BCUT2D eigenvalue weighted by atomic mass is 35.5. The SMILES string of the molecule is O=C(Nc1ccc(-c2cn3ccsc3n2)cc1)C1CCCN(C(=O)c2ccc(Cl)cc2)C1. The van der Waals surface area contributed by atoms with E-state index in [1.54, 1.807) is 40.5 Å². The molecule has 0 radical (unpaired) electrons. The minimum atomic E-state index is -0.236. The molecule has 2 aromatic carbocycles. The number of amides is 2. The zero-order valence-electron chi connectivity index (χ0n) is 17.2. The van der Waals surface area contributed by atoms with Crippen LogP contribution >= 0.6 is 22.9 Å². The number of aromatic nitrogens is 2. The highest BCUT2D eigenvalue weighted by Crippen LogP contribution is 2.25. The number of nitrogens with zero attached hydrogens (tertiary/aromatic N) is 3. The van der Waals surface area contributed by atoms with Crippen LogP contribution in [0.25, 0.3) is 16.2 Å². The maximum atomic E-state index is 12.9. The summed E-state index contributed by atoms with van der Waals surface area (Å²) in [5.41, 5.74) is 3.22. The second-order valence-corrected chi connectivity index (χ2v) is 9.19. The molecular formula is C24H21ClN4O2S. The predicted molar refractivity (Wildman–Crippen MR) is 127 cm³/mol. The normalized spacial score (nSPS) is 16.3. The Morgan fingerprint density at radius 3 is 2.62 bits per heavy atom. The van der Waals surface area contributed by atoms with Gasteiger partial charge in [-0.1, -0.05) is 23.7 Å². The molecule has 5 rings (SSSR count). The van der Waals surface area contributed by atoms with Gasteiger partial charge in [0.1, 0.15) is 0 Å². The molecule has 2 aromatic heterocycles. The Hall–Kier alpha value is -3.16. The van der Waals surface area contributed by atoms with Crippen LogP contribution < -0.4 is 5.32 Å². The van der Waals surface area contributed by atoms with E-state index in [9.17, 15) is 9.59 Å². The van der Waals surface area contributed by atoms with Gasteiger partial charge in [0.2, 0.25) is 5.91 Å². The summed E-state index contributed by atoms with van der Waals surface area (Å²) in [4.78, 5) is 33.0. The van der Waals surface area contributed by atoms with Crippen LogP contribution in [0.5, 0.6) is 0 Å². The number of rotatable bonds is 4. The van der Waals surface area contributed by atoms with Crippen molar-refractivity contribution < 1.29 is 9.59 Å². The number of imidazole rings is 1. The molecule has 0 saturated carbocycles. The van der Waals surface area contributed by atoms with E-state index >= 15 is 0 Å². The van der Waals surface area contributed by atoms with E-state index in [1.807, 2.05) is 46.4 Å². The molecule has 32 heavy (non-hydrogen) atoms. The van der Waals surface area contributed by atoms with E-state index < -0.39 is 0 Å². The molecule has 4 aromatic rings. The molecule has 1 aliphatic heterocycles. The van der Waals surface area contributed by atoms with Crippen molar-refractivity contribution in [2.75, 3.05) is 18.4 Å². The first kappa shape index (κ1) is 20.7. The number of carbonyl (C=O) groups excluding carboxylic acids is 2. The monoisotopic (exact) mass is 464 g/mol. The van der Waals surface area contributed by atoms with Crippen molar-refractivity contribution in [1.82, 2.24) is 14.3 Å². The molecule has 0 spiro atoms. The first-order chi connectivity index (χ1) is 15.6. The summed E-state index contributed by atoms with van der Waals surface area (Å²) in [5, 5.41) is 5.59. The standard InChI is InChI=1S/C24H21ClN4O2S/c25-19-7-3-17(4-8-19)23(31)28-11-1-2-18(14-28)22(30)26-20-9-5-16(6-10-20)21-15-29-12-13-32-24(29)27-21/h3-10,12-13,15,18H,1-2,11,14H2,(H,26,30). The number of hydrogen-bond acceptors (Lipinski definition) is 4. The smallest absolute Gasteiger partial charge is 0.253 e. The van der Waals surface area contributed by atoms with Crippen LogP contribution in [0, 0.1) is 5.92 Å². The maximum Gasteiger partial charge on any atom is 0.253 e. The molecule has 8 heteroatoms. The third-order valence-electron chi connectivity index (χ3n) is 5.71. The van der Waals surface area contributed by atoms with Crippen LogP contribution in [0.15, 0.2) is 66.3 Å². The summed E-state index contributed by atoms with van der Waals surface area (Å²) < 4.78 is 2.00. The van der Waals surface area contributed by atoms with Gasteiger partial charge >= 0.3 is 0 Å². The third-order valence-corrected chi connectivity index (χ3v) is 6.73. The summed E-state index contributed by atoms with van der Waals surface area (Å²) in [5.74, 6) is -0.364. The third kappa shape index (κ3) is 4.26. The van der Waals surface area contributed by atoms with Crippen LogP contribution in [0.1, 0.15) is 23.2 Å².